The first-order chi connectivity index (χ1) is 8.33. The predicted octanol–water partition coefficient (Wildman–Crippen LogP) is 1.87. The number of nitrogens with one attached hydrogen (secondary N) is 1. The number of methoxy groups -OCH3 is 1. The highest BCUT2D eigenvalue weighted by molar-refractivity contribution is 5.72. The Morgan fingerprint density at radius 1 is 1.29 bits per heavy atom. The van der Waals surface area contributed by atoms with E-state index in [0.717, 1.165) is 31.6 Å². The van der Waals surface area contributed by atoms with E-state index < -0.39 is 0 Å². The molecule has 0 bridgehead atoms. The normalized spacial score (nSPS) is 16.9. The van der Waals surface area contributed by atoms with Crippen LogP contribution in [0, 0.1) is 0 Å². The van der Waals surface area contributed by atoms with Crippen LogP contribution in [0.2, 0.25) is 0 Å². The van der Waals surface area contributed by atoms with Gasteiger partial charge in [0.2, 0.25) is 6.41 Å². The van der Waals surface area contributed by atoms with Gasteiger partial charge in [0.25, 0.3) is 0 Å². The molecular weight excluding hydrogens is 216 g/mol. The molecule has 0 aromatic heterocycles. The number of hydrogen-bond acceptors (Lipinski definition) is 3. The highest BCUT2D eigenvalue weighted by Crippen LogP contribution is 2.22. The van der Waals surface area contributed by atoms with Gasteiger partial charge in [0.1, 0.15) is 0 Å². The minimum Gasteiger partial charge on any atom is -0.381 e. The van der Waals surface area contributed by atoms with Crippen molar-refractivity contribution in [2.24, 2.45) is 0 Å². The van der Waals surface area contributed by atoms with Gasteiger partial charge in [-0.15, -0.1) is 0 Å². The minimum atomic E-state index is 0.405. The third kappa shape index (κ3) is 2.97. The molecule has 4 nitrogen and oxygen atoms in total. The molecule has 0 saturated carbocycles. The molecule has 1 aromatic carbocycles. The summed E-state index contributed by atoms with van der Waals surface area (Å²) in [6.45, 7) is 2.05. The summed E-state index contributed by atoms with van der Waals surface area (Å²) in [5, 5.41) is 2.63. The quantitative estimate of drug-likeness (QED) is 0.809. The van der Waals surface area contributed by atoms with Crippen molar-refractivity contribution in [2.45, 2.75) is 18.9 Å². The molecule has 0 aliphatic carbocycles. The first-order valence-corrected chi connectivity index (χ1v) is 5.91. The van der Waals surface area contributed by atoms with E-state index in [0.29, 0.717) is 12.5 Å². The molecule has 2 rings (SSSR count). The number of nitrogens with zero attached hydrogens (tertiary/aromatic N) is 1. The van der Waals surface area contributed by atoms with E-state index >= 15 is 0 Å². The highest BCUT2D eigenvalue weighted by Gasteiger charge is 2.18. The number of carbonyl (C=O) groups excluding carboxylic acids is 1. The fraction of sp³-hybridized carbons (Fsp3) is 0.462. The van der Waals surface area contributed by atoms with Gasteiger partial charge in [0, 0.05) is 31.6 Å². The van der Waals surface area contributed by atoms with Crippen molar-refractivity contribution >= 4 is 17.8 Å². The summed E-state index contributed by atoms with van der Waals surface area (Å²) in [6.07, 6.45) is 3.25. The van der Waals surface area contributed by atoms with Crippen LogP contribution in [0.4, 0.5) is 11.4 Å². The summed E-state index contributed by atoms with van der Waals surface area (Å²) in [5.41, 5.74) is 2.03. The van der Waals surface area contributed by atoms with Crippen molar-refractivity contribution in [2.75, 3.05) is 30.4 Å². The molecule has 4 heteroatoms. The third-order valence-electron chi connectivity index (χ3n) is 3.23. The smallest absolute Gasteiger partial charge is 0.211 e. The van der Waals surface area contributed by atoms with Gasteiger partial charge in [0.15, 0.2) is 0 Å². The van der Waals surface area contributed by atoms with Crippen molar-refractivity contribution < 1.29 is 9.53 Å². The molecule has 0 unspecified atom stereocenters. The lowest BCUT2D eigenvalue weighted by atomic mass is 10.1. The van der Waals surface area contributed by atoms with Crippen LogP contribution < -0.4 is 10.2 Å². The first-order valence-electron chi connectivity index (χ1n) is 5.91. The summed E-state index contributed by atoms with van der Waals surface area (Å²) in [7, 11) is 1.78. The van der Waals surface area contributed by atoms with Crippen LogP contribution in [-0.2, 0) is 9.53 Å². The summed E-state index contributed by atoms with van der Waals surface area (Å²) in [6, 6.07) is 7.93. The van der Waals surface area contributed by atoms with Crippen molar-refractivity contribution in [1.29, 1.82) is 0 Å². The van der Waals surface area contributed by atoms with E-state index in [1.165, 1.54) is 5.69 Å². The van der Waals surface area contributed by atoms with Gasteiger partial charge in [-0.2, -0.15) is 0 Å². The number of ether oxygens (including phenoxy) is 1. The van der Waals surface area contributed by atoms with Gasteiger partial charge in [-0.25, -0.2) is 0 Å². The Kier molecular flexibility index (Phi) is 3.98. The maximum atomic E-state index is 10.3. The second kappa shape index (κ2) is 5.68. The summed E-state index contributed by atoms with van der Waals surface area (Å²) in [5.74, 6) is 0. The Labute approximate surface area is 102 Å². The topological polar surface area (TPSA) is 41.6 Å². The molecule has 92 valence electrons. The van der Waals surface area contributed by atoms with Crippen molar-refractivity contribution in [3.8, 4) is 0 Å². The predicted molar refractivity (Wildman–Crippen MR) is 68.4 cm³/mol. The SMILES string of the molecule is COC1CCN(c2ccc(NC=O)cc2)CC1. The molecule has 0 spiro atoms. The van der Waals surface area contributed by atoms with Gasteiger partial charge in [-0.1, -0.05) is 0 Å². The number of piperidine rings is 1. The van der Waals surface area contributed by atoms with Crippen LogP contribution in [0.1, 0.15) is 12.8 Å². The summed E-state index contributed by atoms with van der Waals surface area (Å²) < 4.78 is 5.35. The maximum Gasteiger partial charge on any atom is 0.211 e. The molecule has 1 saturated heterocycles. The van der Waals surface area contributed by atoms with Crippen molar-refractivity contribution in [3.05, 3.63) is 24.3 Å². The highest BCUT2D eigenvalue weighted by atomic mass is 16.5. The number of hydrogen-bond donors (Lipinski definition) is 1. The minimum absolute atomic E-state index is 0.405. The molecule has 1 aromatic rings. The molecule has 1 amide bonds. The maximum absolute atomic E-state index is 10.3. The van der Waals surface area contributed by atoms with Gasteiger partial charge < -0.3 is 15.0 Å². The average molecular weight is 234 g/mol. The lowest BCUT2D eigenvalue weighted by Gasteiger charge is -2.33. The monoisotopic (exact) mass is 234 g/mol. The van der Waals surface area contributed by atoms with Crippen molar-refractivity contribution in [3.63, 3.8) is 0 Å². The number of amides is 1. The van der Waals surface area contributed by atoms with Gasteiger partial charge in [0.05, 0.1) is 6.10 Å². The zero-order chi connectivity index (χ0) is 12.1. The van der Waals surface area contributed by atoms with Crippen LogP contribution in [0.25, 0.3) is 0 Å². The van der Waals surface area contributed by atoms with Gasteiger partial charge >= 0.3 is 0 Å². The van der Waals surface area contributed by atoms with Crippen LogP contribution in [-0.4, -0.2) is 32.7 Å². The van der Waals surface area contributed by atoms with E-state index in [-0.39, 0.29) is 0 Å². The van der Waals surface area contributed by atoms with Gasteiger partial charge in [-0.3, -0.25) is 4.79 Å². The first kappa shape index (κ1) is 11.9. The van der Waals surface area contributed by atoms with E-state index in [1.54, 1.807) is 7.11 Å². The fourth-order valence-corrected chi connectivity index (χ4v) is 2.19. The Hall–Kier alpha value is -1.55. The van der Waals surface area contributed by atoms with E-state index in [1.807, 2.05) is 24.3 Å². The largest absolute Gasteiger partial charge is 0.381 e. The summed E-state index contributed by atoms with van der Waals surface area (Å²) >= 11 is 0. The molecule has 1 fully saturated rings. The molecule has 1 heterocycles. The number of rotatable bonds is 4. The molecule has 0 atom stereocenters. The Bertz CT molecular complexity index is 356. The number of carbonyl (C=O) groups is 1. The number of benzene rings is 1. The zero-order valence-corrected chi connectivity index (χ0v) is 10.1. The van der Waals surface area contributed by atoms with E-state index in [4.69, 9.17) is 4.74 Å². The second-order valence-electron chi connectivity index (χ2n) is 4.23. The molecule has 1 aliphatic rings. The number of anilines is 2. The van der Waals surface area contributed by atoms with Crippen LogP contribution in [0.3, 0.4) is 0 Å². The molecule has 0 radical (unpaired) electrons. The van der Waals surface area contributed by atoms with Crippen LogP contribution >= 0.6 is 0 Å². The molecular formula is C13H18N2O2. The summed E-state index contributed by atoms with van der Waals surface area (Å²) in [4.78, 5) is 12.6. The lowest BCUT2D eigenvalue weighted by molar-refractivity contribution is -0.105. The van der Waals surface area contributed by atoms with Crippen LogP contribution in [0.15, 0.2) is 24.3 Å². The van der Waals surface area contributed by atoms with Crippen LogP contribution in [0.5, 0.6) is 0 Å². The Balaban J connectivity index is 1.96. The van der Waals surface area contributed by atoms with Gasteiger partial charge in [-0.05, 0) is 37.1 Å². The molecule has 17 heavy (non-hydrogen) atoms. The average Bonchev–Trinajstić information content (AvgIpc) is 2.40. The third-order valence-corrected chi connectivity index (χ3v) is 3.23. The van der Waals surface area contributed by atoms with E-state index in [9.17, 15) is 4.79 Å². The lowest BCUT2D eigenvalue weighted by Crippen LogP contribution is -2.36. The van der Waals surface area contributed by atoms with Crippen molar-refractivity contribution in [1.82, 2.24) is 0 Å². The Morgan fingerprint density at radius 2 is 1.94 bits per heavy atom. The standard InChI is InChI=1S/C13H18N2O2/c1-17-13-6-8-15(9-7-13)12-4-2-11(3-5-12)14-10-16/h2-5,10,13H,6-9H2,1H3,(H,14,16). The molecule has 1 aliphatic heterocycles. The molecule has 1 N–H and O–H groups in total. The zero-order valence-electron chi connectivity index (χ0n) is 10.1. The second-order valence-corrected chi connectivity index (χ2v) is 4.23. The van der Waals surface area contributed by atoms with E-state index in [2.05, 4.69) is 10.2 Å². The Morgan fingerprint density at radius 3 is 2.47 bits per heavy atom. The fourth-order valence-electron chi connectivity index (χ4n) is 2.19.